The minimum atomic E-state index is -0.0815. The van der Waals surface area contributed by atoms with Crippen LogP contribution in [0, 0.1) is 6.92 Å². The van der Waals surface area contributed by atoms with Gasteiger partial charge in [-0.25, -0.2) is 4.79 Å². The summed E-state index contributed by atoms with van der Waals surface area (Å²) >= 11 is 0. The van der Waals surface area contributed by atoms with Gasteiger partial charge in [-0.15, -0.1) is 0 Å². The van der Waals surface area contributed by atoms with Crippen molar-refractivity contribution in [2.24, 2.45) is 0 Å². The van der Waals surface area contributed by atoms with Crippen LogP contribution in [-0.4, -0.2) is 31.6 Å². The lowest BCUT2D eigenvalue weighted by Crippen LogP contribution is -2.39. The number of carbonyl (C=O) groups is 1. The molecular weight excluding hydrogens is 300 g/mol. The predicted octanol–water partition coefficient (Wildman–Crippen LogP) is 3.95. The van der Waals surface area contributed by atoms with Crippen molar-refractivity contribution < 1.29 is 9.53 Å². The molecule has 128 valence electrons. The second-order valence-electron chi connectivity index (χ2n) is 5.94. The molecule has 1 atom stereocenters. The summed E-state index contributed by atoms with van der Waals surface area (Å²) in [5.41, 5.74) is 3.51. The van der Waals surface area contributed by atoms with Gasteiger partial charge in [-0.1, -0.05) is 42.5 Å². The first kappa shape index (κ1) is 17.9. The lowest BCUT2D eigenvalue weighted by Gasteiger charge is -2.26. The van der Waals surface area contributed by atoms with Crippen LogP contribution in [0.5, 0.6) is 5.75 Å². The fourth-order valence-electron chi connectivity index (χ4n) is 2.72. The molecule has 0 spiro atoms. The Morgan fingerprint density at radius 2 is 1.83 bits per heavy atom. The van der Waals surface area contributed by atoms with E-state index in [1.807, 2.05) is 43.3 Å². The van der Waals surface area contributed by atoms with Crippen LogP contribution in [0.4, 0.5) is 4.79 Å². The average Bonchev–Trinajstić information content (AvgIpc) is 2.61. The molecule has 0 fully saturated rings. The lowest BCUT2D eigenvalue weighted by atomic mass is 10.1. The summed E-state index contributed by atoms with van der Waals surface area (Å²) in [5, 5.41) is 2.99. The van der Waals surface area contributed by atoms with E-state index in [4.69, 9.17) is 4.74 Å². The van der Waals surface area contributed by atoms with Gasteiger partial charge in [0.2, 0.25) is 0 Å². The van der Waals surface area contributed by atoms with E-state index >= 15 is 0 Å². The quantitative estimate of drug-likeness (QED) is 0.873. The third-order valence-corrected chi connectivity index (χ3v) is 4.42. The zero-order valence-corrected chi connectivity index (χ0v) is 14.9. The summed E-state index contributed by atoms with van der Waals surface area (Å²) < 4.78 is 5.39. The summed E-state index contributed by atoms with van der Waals surface area (Å²) in [5.74, 6) is 0.796. The molecule has 0 heterocycles. The van der Waals surface area contributed by atoms with Gasteiger partial charge in [0.1, 0.15) is 5.75 Å². The van der Waals surface area contributed by atoms with Crippen LogP contribution < -0.4 is 10.1 Å². The highest BCUT2D eigenvalue weighted by Crippen LogP contribution is 2.27. The Labute approximate surface area is 144 Å². The Balaban J connectivity index is 1.93. The fraction of sp³-hybridized carbons (Fsp3) is 0.350. The zero-order valence-electron chi connectivity index (χ0n) is 14.9. The van der Waals surface area contributed by atoms with Crippen LogP contribution in [0.3, 0.4) is 0 Å². The number of aryl methyl sites for hydroxylation is 1. The number of benzene rings is 2. The SMILES string of the molecule is COc1ccccc1C(C)N(C)C(=O)NCCc1ccccc1C. The predicted molar refractivity (Wildman–Crippen MR) is 97.5 cm³/mol. The molecule has 0 aromatic heterocycles. The van der Waals surface area contributed by atoms with Crippen molar-refractivity contribution in [1.29, 1.82) is 0 Å². The molecule has 4 heteroatoms. The first-order valence-electron chi connectivity index (χ1n) is 8.22. The van der Waals surface area contributed by atoms with E-state index in [1.165, 1.54) is 11.1 Å². The standard InChI is InChI=1S/C20H26N2O2/c1-15-9-5-6-10-17(15)13-14-21-20(23)22(3)16(2)18-11-7-8-12-19(18)24-4/h5-12,16H,13-14H2,1-4H3,(H,21,23). The van der Waals surface area contributed by atoms with Gasteiger partial charge < -0.3 is 15.0 Å². The van der Waals surface area contributed by atoms with Gasteiger partial charge in [-0.3, -0.25) is 0 Å². The topological polar surface area (TPSA) is 41.6 Å². The van der Waals surface area contributed by atoms with E-state index in [9.17, 15) is 4.79 Å². The van der Waals surface area contributed by atoms with E-state index in [0.717, 1.165) is 17.7 Å². The molecule has 1 unspecified atom stereocenters. The highest BCUT2D eigenvalue weighted by atomic mass is 16.5. The number of carbonyl (C=O) groups excluding carboxylic acids is 1. The molecule has 2 aromatic carbocycles. The summed E-state index contributed by atoms with van der Waals surface area (Å²) in [6, 6.07) is 15.9. The number of hydrogen-bond donors (Lipinski definition) is 1. The Bertz CT molecular complexity index is 685. The van der Waals surface area contributed by atoms with Crippen LogP contribution in [0.1, 0.15) is 29.7 Å². The van der Waals surface area contributed by atoms with Crippen molar-refractivity contribution in [3.63, 3.8) is 0 Å². The minimum Gasteiger partial charge on any atom is -0.496 e. The van der Waals surface area contributed by atoms with Crippen molar-refractivity contribution in [3.8, 4) is 5.75 Å². The van der Waals surface area contributed by atoms with E-state index < -0.39 is 0 Å². The van der Waals surface area contributed by atoms with Gasteiger partial charge in [-0.2, -0.15) is 0 Å². The number of methoxy groups -OCH3 is 1. The molecule has 24 heavy (non-hydrogen) atoms. The number of para-hydroxylation sites is 1. The number of nitrogens with one attached hydrogen (secondary N) is 1. The summed E-state index contributed by atoms with van der Waals surface area (Å²) in [6.45, 7) is 4.71. The maximum atomic E-state index is 12.4. The molecule has 0 aliphatic heterocycles. The Morgan fingerprint density at radius 1 is 1.17 bits per heavy atom. The molecule has 0 bridgehead atoms. The maximum Gasteiger partial charge on any atom is 0.317 e. The highest BCUT2D eigenvalue weighted by molar-refractivity contribution is 5.74. The fourth-order valence-corrected chi connectivity index (χ4v) is 2.72. The van der Waals surface area contributed by atoms with E-state index in [-0.39, 0.29) is 12.1 Å². The lowest BCUT2D eigenvalue weighted by molar-refractivity contribution is 0.193. The summed E-state index contributed by atoms with van der Waals surface area (Å²) in [4.78, 5) is 14.1. The normalized spacial score (nSPS) is 11.7. The maximum absolute atomic E-state index is 12.4. The smallest absolute Gasteiger partial charge is 0.317 e. The van der Waals surface area contributed by atoms with Crippen molar-refractivity contribution in [2.45, 2.75) is 26.3 Å². The van der Waals surface area contributed by atoms with Crippen LogP contribution >= 0.6 is 0 Å². The Kier molecular flexibility index (Phi) is 6.24. The molecule has 0 aliphatic rings. The number of ether oxygens (including phenoxy) is 1. The van der Waals surface area contributed by atoms with Gasteiger partial charge in [0.25, 0.3) is 0 Å². The third kappa shape index (κ3) is 4.28. The molecule has 0 aliphatic carbocycles. The molecule has 2 rings (SSSR count). The molecular formula is C20H26N2O2. The van der Waals surface area contributed by atoms with Gasteiger partial charge in [-0.05, 0) is 37.5 Å². The Morgan fingerprint density at radius 3 is 2.54 bits per heavy atom. The van der Waals surface area contributed by atoms with E-state index in [2.05, 4.69) is 24.4 Å². The molecule has 0 radical (unpaired) electrons. The van der Waals surface area contributed by atoms with Crippen molar-refractivity contribution in [2.75, 3.05) is 20.7 Å². The van der Waals surface area contributed by atoms with E-state index in [0.29, 0.717) is 6.54 Å². The van der Waals surface area contributed by atoms with E-state index in [1.54, 1.807) is 19.1 Å². The van der Waals surface area contributed by atoms with Gasteiger partial charge >= 0.3 is 6.03 Å². The average molecular weight is 326 g/mol. The largest absolute Gasteiger partial charge is 0.496 e. The number of hydrogen-bond acceptors (Lipinski definition) is 2. The third-order valence-electron chi connectivity index (χ3n) is 4.42. The highest BCUT2D eigenvalue weighted by Gasteiger charge is 2.19. The van der Waals surface area contributed by atoms with Crippen LogP contribution in [-0.2, 0) is 6.42 Å². The Hall–Kier alpha value is -2.49. The minimum absolute atomic E-state index is 0.0698. The monoisotopic (exact) mass is 326 g/mol. The molecule has 0 saturated heterocycles. The molecule has 2 amide bonds. The zero-order chi connectivity index (χ0) is 17.5. The summed E-state index contributed by atoms with van der Waals surface area (Å²) in [7, 11) is 3.45. The number of amides is 2. The van der Waals surface area contributed by atoms with Gasteiger partial charge in [0.15, 0.2) is 0 Å². The first-order chi connectivity index (χ1) is 11.5. The summed E-state index contributed by atoms with van der Waals surface area (Å²) in [6.07, 6.45) is 0.829. The molecule has 0 saturated carbocycles. The molecule has 4 nitrogen and oxygen atoms in total. The van der Waals surface area contributed by atoms with Crippen molar-refractivity contribution in [1.82, 2.24) is 10.2 Å². The number of urea groups is 1. The number of nitrogens with zero attached hydrogens (tertiary/aromatic N) is 1. The first-order valence-corrected chi connectivity index (χ1v) is 8.22. The number of rotatable bonds is 6. The van der Waals surface area contributed by atoms with Crippen molar-refractivity contribution >= 4 is 6.03 Å². The van der Waals surface area contributed by atoms with Crippen LogP contribution in [0.2, 0.25) is 0 Å². The van der Waals surface area contributed by atoms with Crippen molar-refractivity contribution in [3.05, 3.63) is 65.2 Å². The second kappa shape index (κ2) is 8.39. The van der Waals surface area contributed by atoms with Crippen LogP contribution in [0.25, 0.3) is 0 Å². The van der Waals surface area contributed by atoms with Gasteiger partial charge in [0.05, 0.1) is 13.2 Å². The van der Waals surface area contributed by atoms with Gasteiger partial charge in [0, 0.05) is 19.2 Å². The molecule has 1 N–H and O–H groups in total. The second-order valence-corrected chi connectivity index (χ2v) is 5.94. The van der Waals surface area contributed by atoms with Crippen LogP contribution in [0.15, 0.2) is 48.5 Å². The molecule has 2 aromatic rings.